The van der Waals surface area contributed by atoms with Crippen molar-refractivity contribution < 1.29 is 18.8 Å². The molecule has 2 aromatic heterocycles. The maximum absolute atomic E-state index is 14.9. The summed E-state index contributed by atoms with van der Waals surface area (Å²) in [6, 6.07) is 4.92. The molecule has 1 amide bonds. The summed E-state index contributed by atoms with van der Waals surface area (Å²) in [6.45, 7) is 3.18. The summed E-state index contributed by atoms with van der Waals surface area (Å²) in [7, 11) is 0. The molecule has 2 bridgehead atoms. The Morgan fingerprint density at radius 3 is 2.83 bits per heavy atom. The zero-order valence-corrected chi connectivity index (χ0v) is 16.4. The second-order valence-electron chi connectivity index (χ2n) is 8.11. The summed E-state index contributed by atoms with van der Waals surface area (Å²) in [4.78, 5) is 16.0. The van der Waals surface area contributed by atoms with E-state index in [1.54, 1.807) is 25.3 Å². The van der Waals surface area contributed by atoms with Crippen LogP contribution < -0.4 is 5.73 Å². The molecule has 0 spiro atoms. The third kappa shape index (κ3) is 2.82. The number of nitrogens with two attached hydrogens (primary N) is 1. The number of aliphatic hydroxyl groups is 1. The van der Waals surface area contributed by atoms with Gasteiger partial charge in [-0.1, -0.05) is 17.0 Å². The first-order chi connectivity index (χ1) is 14.2. The Morgan fingerprint density at radius 2 is 2.17 bits per heavy atom. The van der Waals surface area contributed by atoms with E-state index in [-0.39, 0.29) is 28.9 Å². The van der Waals surface area contributed by atoms with Crippen LogP contribution in [0.4, 0.5) is 4.39 Å². The van der Waals surface area contributed by atoms with E-state index in [1.165, 1.54) is 13.0 Å². The molecule has 3 N–H and O–H groups in total. The summed E-state index contributed by atoms with van der Waals surface area (Å²) in [6.07, 6.45) is 3.39. The largest absolute Gasteiger partial charge is 0.372 e. The molecule has 30 heavy (non-hydrogen) atoms. The molecule has 4 heterocycles. The van der Waals surface area contributed by atoms with Crippen LogP contribution in [0.3, 0.4) is 0 Å². The number of rotatable bonds is 2. The Kier molecular flexibility index (Phi) is 3.89. The summed E-state index contributed by atoms with van der Waals surface area (Å²) >= 11 is 0. The topological polar surface area (TPSA) is 107 Å². The van der Waals surface area contributed by atoms with Crippen molar-refractivity contribution in [2.24, 2.45) is 5.73 Å². The number of nitrogens with zero attached hydrogens (tertiary/aromatic N) is 3. The Morgan fingerprint density at radius 1 is 1.40 bits per heavy atom. The normalized spacial score (nSPS) is 20.7. The van der Waals surface area contributed by atoms with Gasteiger partial charge in [0.15, 0.2) is 5.60 Å². The maximum atomic E-state index is 14.9. The van der Waals surface area contributed by atoms with Gasteiger partial charge in [0.1, 0.15) is 28.8 Å². The molecule has 3 aromatic rings. The predicted molar refractivity (Wildman–Crippen MR) is 105 cm³/mol. The van der Waals surface area contributed by atoms with Crippen molar-refractivity contribution in [3.63, 3.8) is 0 Å². The minimum Gasteiger partial charge on any atom is -0.372 e. The van der Waals surface area contributed by atoms with Gasteiger partial charge in [-0.3, -0.25) is 4.79 Å². The van der Waals surface area contributed by atoms with Crippen molar-refractivity contribution in [1.29, 1.82) is 0 Å². The molecule has 1 fully saturated rings. The molecule has 3 aliphatic rings. The van der Waals surface area contributed by atoms with E-state index < -0.39 is 17.3 Å². The number of hydrogen-bond acceptors (Lipinski definition) is 5. The van der Waals surface area contributed by atoms with Crippen LogP contribution in [0.25, 0.3) is 11.4 Å². The van der Waals surface area contributed by atoms with Crippen LogP contribution in [0, 0.1) is 24.6 Å². The van der Waals surface area contributed by atoms with Crippen LogP contribution >= 0.6 is 0 Å². The number of aryl methyl sites for hydroxylation is 1. The van der Waals surface area contributed by atoms with Gasteiger partial charge in [0.25, 0.3) is 5.91 Å². The van der Waals surface area contributed by atoms with Gasteiger partial charge < -0.3 is 19.9 Å². The molecule has 0 radical (unpaired) electrons. The van der Waals surface area contributed by atoms with Gasteiger partial charge in [0.2, 0.25) is 0 Å². The van der Waals surface area contributed by atoms with Gasteiger partial charge in [0, 0.05) is 23.9 Å². The lowest BCUT2D eigenvalue weighted by Gasteiger charge is -2.34. The van der Waals surface area contributed by atoms with Crippen molar-refractivity contribution in [3.05, 3.63) is 58.5 Å². The fourth-order valence-electron chi connectivity index (χ4n) is 4.12. The predicted octanol–water partition coefficient (Wildman–Crippen LogP) is 2.78. The zero-order chi connectivity index (χ0) is 21.2. The van der Waals surface area contributed by atoms with Gasteiger partial charge in [-0.15, -0.1) is 0 Å². The van der Waals surface area contributed by atoms with E-state index in [1.807, 2.05) is 4.57 Å². The number of benzene rings is 1. The highest BCUT2D eigenvalue weighted by molar-refractivity contribution is 5.91. The number of aromatic nitrogens is 3. The van der Waals surface area contributed by atoms with E-state index in [2.05, 4.69) is 22.0 Å². The smallest absolute Gasteiger partial charge is 0.268 e. The number of carbonyl (C=O) groups excluding carboxylic acids is 1. The van der Waals surface area contributed by atoms with Crippen LogP contribution in [-0.4, -0.2) is 25.7 Å². The first kappa shape index (κ1) is 18.6. The molecular formula is C22H19FN4O3. The average Bonchev–Trinajstić information content (AvgIpc) is 3.23. The van der Waals surface area contributed by atoms with Crippen molar-refractivity contribution in [3.8, 4) is 23.2 Å². The number of halogens is 1. The number of imidazole rings is 1. The molecule has 0 unspecified atom stereocenters. The zero-order valence-electron chi connectivity index (χ0n) is 16.4. The highest BCUT2D eigenvalue weighted by Gasteiger charge is 2.39. The first-order valence-corrected chi connectivity index (χ1v) is 9.65. The van der Waals surface area contributed by atoms with Crippen molar-refractivity contribution >= 4 is 5.91 Å². The minimum atomic E-state index is -1.60. The maximum Gasteiger partial charge on any atom is 0.268 e. The molecule has 0 saturated heterocycles. The van der Waals surface area contributed by atoms with E-state index in [4.69, 9.17) is 10.3 Å². The molecule has 1 aliphatic carbocycles. The molecular weight excluding hydrogens is 387 g/mol. The second-order valence-corrected chi connectivity index (χ2v) is 8.11. The quantitative estimate of drug-likeness (QED) is 0.637. The van der Waals surface area contributed by atoms with E-state index >= 15 is 0 Å². The van der Waals surface area contributed by atoms with Gasteiger partial charge in [-0.2, -0.15) is 0 Å². The first-order valence-electron chi connectivity index (χ1n) is 9.65. The number of hydrogen-bond donors (Lipinski definition) is 2. The average molecular weight is 406 g/mol. The van der Waals surface area contributed by atoms with Gasteiger partial charge >= 0.3 is 0 Å². The fourth-order valence-corrected chi connectivity index (χ4v) is 4.12. The molecule has 1 aromatic carbocycles. The highest BCUT2D eigenvalue weighted by atomic mass is 19.1. The van der Waals surface area contributed by atoms with Crippen LogP contribution in [-0.2, 0) is 5.60 Å². The fraction of sp³-hybridized carbons (Fsp3) is 0.318. The van der Waals surface area contributed by atoms with Crippen LogP contribution in [0.5, 0.6) is 0 Å². The molecule has 1 atom stereocenters. The van der Waals surface area contributed by atoms with E-state index in [0.717, 1.165) is 24.0 Å². The SMILES string of the molecule is Cc1cc([C@](C)(O)C#Cc2cc3c(cc2F)C2CC(C2)n2cc(C(N)=O)nc2-3)no1. The Bertz CT molecular complexity index is 1260. The van der Waals surface area contributed by atoms with E-state index in [0.29, 0.717) is 11.6 Å². The van der Waals surface area contributed by atoms with Crippen LogP contribution in [0.15, 0.2) is 28.9 Å². The summed E-state index contributed by atoms with van der Waals surface area (Å²) in [5.74, 6) is 5.71. The molecule has 1 saturated carbocycles. The molecule has 152 valence electrons. The molecule has 2 aliphatic heterocycles. The van der Waals surface area contributed by atoms with Gasteiger partial charge in [0.05, 0.1) is 5.56 Å². The molecule has 6 rings (SSSR count). The second kappa shape index (κ2) is 6.28. The highest BCUT2D eigenvalue weighted by Crippen LogP contribution is 2.52. The molecule has 8 heteroatoms. The number of primary amides is 1. The summed E-state index contributed by atoms with van der Waals surface area (Å²) in [5, 5.41) is 14.4. The third-order valence-electron chi connectivity index (χ3n) is 5.88. The molecule has 7 nitrogen and oxygen atoms in total. The van der Waals surface area contributed by atoms with Gasteiger partial charge in [-0.05, 0) is 50.3 Å². The third-order valence-corrected chi connectivity index (χ3v) is 5.88. The van der Waals surface area contributed by atoms with E-state index in [9.17, 15) is 14.3 Å². The standard InChI is InChI=1S/C22H19FN4O3/c1-11-5-19(26-30-11)22(2,29)4-3-12-8-16-15(9-17(12)23)13-6-14(7-13)27-10-18(20(24)28)25-21(16)27/h5,8-10,13-14,29H,6-7H2,1-2H3,(H2,24,28)/t13?,14?,22-/m1/s1. The van der Waals surface area contributed by atoms with Crippen molar-refractivity contribution in [2.45, 2.75) is 44.2 Å². The number of carbonyl (C=O) groups is 1. The lowest BCUT2D eigenvalue weighted by Crippen LogP contribution is -2.22. The lowest BCUT2D eigenvalue weighted by molar-refractivity contribution is 0.0995. The Labute approximate surface area is 171 Å². The monoisotopic (exact) mass is 406 g/mol. The van der Waals surface area contributed by atoms with Gasteiger partial charge in [-0.25, -0.2) is 9.37 Å². The van der Waals surface area contributed by atoms with Crippen LogP contribution in [0.1, 0.15) is 64.8 Å². The lowest BCUT2D eigenvalue weighted by atomic mass is 9.75. The number of amides is 1. The summed E-state index contributed by atoms with van der Waals surface area (Å²) < 4.78 is 21.8. The van der Waals surface area contributed by atoms with Crippen molar-refractivity contribution in [2.75, 3.05) is 0 Å². The summed E-state index contributed by atoms with van der Waals surface area (Å²) in [5.41, 5.74) is 5.96. The Hall–Kier alpha value is -3.44. The Balaban J connectivity index is 1.61. The minimum absolute atomic E-state index is 0.128. The van der Waals surface area contributed by atoms with Crippen LogP contribution in [0.2, 0.25) is 0 Å². The van der Waals surface area contributed by atoms with Crippen molar-refractivity contribution in [1.82, 2.24) is 14.7 Å².